The summed E-state index contributed by atoms with van der Waals surface area (Å²) in [6, 6.07) is 28.7. The molecule has 0 radical (unpaired) electrons. The number of esters is 6. The van der Waals surface area contributed by atoms with Crippen molar-refractivity contribution in [2.24, 2.45) is 5.11 Å². The van der Waals surface area contributed by atoms with Crippen molar-refractivity contribution < 1.29 is 95.5 Å². The third-order valence-corrected chi connectivity index (χ3v) is 11.6. The summed E-state index contributed by atoms with van der Waals surface area (Å²) in [5, 5.41) is 18.5. The van der Waals surface area contributed by atoms with Gasteiger partial charge in [-0.3, -0.25) is 19.2 Å². The van der Waals surface area contributed by atoms with Crippen molar-refractivity contribution in [1.82, 2.24) is 5.32 Å². The van der Waals surface area contributed by atoms with E-state index in [2.05, 4.69) is 15.3 Å². The third kappa shape index (κ3) is 15.5. The van der Waals surface area contributed by atoms with Crippen LogP contribution in [-0.2, 0) is 77.9 Å². The molecule has 11 atom stereocenters. The number of azide groups is 1. The standard InChI is InChI=1S/C52H56N4O20/c1-30(57)69-38-25-52(51(64)66-5,76-45(44(71-32(3)59)39(26-54-56-53)70-31(2)58)42(38)55-41(60)29-67-27-33-15-9-6-10-16-33)68-28-40-43(61)46(74-48(62)34-17-11-7-12-18-34)47(75-49(63)35-19-13-8-14-20-35)50(73-40)72-37-23-21-36(65-4)22-24-37/h6-24,38-40,42-47,50,61H,25-29H2,1-5H3,(H,55,60)/t38-,39+,40+,42+,43-,44+,45+,46-,47+,50+,52+/m0/s1. The van der Waals surface area contributed by atoms with Gasteiger partial charge < -0.3 is 67.3 Å². The van der Waals surface area contributed by atoms with Crippen molar-refractivity contribution in [2.75, 3.05) is 34.0 Å². The van der Waals surface area contributed by atoms with Crippen LogP contribution in [0.3, 0.4) is 0 Å². The molecule has 2 aliphatic heterocycles. The summed E-state index contributed by atoms with van der Waals surface area (Å²) in [5.74, 6) is -9.25. The fourth-order valence-corrected chi connectivity index (χ4v) is 8.23. The Labute approximate surface area is 435 Å². The number of hydrogen-bond acceptors (Lipinski definition) is 21. The maximum atomic E-state index is 14.4. The van der Waals surface area contributed by atoms with Gasteiger partial charge in [0.15, 0.2) is 12.2 Å². The van der Waals surface area contributed by atoms with Crippen LogP contribution >= 0.6 is 0 Å². The number of methoxy groups -OCH3 is 2. The summed E-state index contributed by atoms with van der Waals surface area (Å²) >= 11 is 0. The molecule has 2 fully saturated rings. The fraction of sp³-hybridized carbons (Fsp3) is 0.404. The van der Waals surface area contributed by atoms with Gasteiger partial charge in [0.25, 0.3) is 5.79 Å². The van der Waals surface area contributed by atoms with Crippen molar-refractivity contribution in [3.05, 3.63) is 142 Å². The van der Waals surface area contributed by atoms with E-state index in [9.17, 15) is 44.2 Å². The number of aliphatic hydroxyl groups is 1. The SMILES string of the molecule is COC(=O)[C@@]1(OC[C@H]2O[C@@H](Oc3ccc(OC)cc3)[C@H](OC(=O)c3ccccc3)[C@@H](OC(=O)c3ccccc3)[C@H]2O)C[C@H](OC(C)=O)[C@@H](NC(=O)COCc2ccccc2)[C@H]([C@H](OC(C)=O)[C@@H](CN=[N+]=[N-])OC(C)=O)O1. The Kier molecular flexibility index (Phi) is 20.6. The number of amides is 1. The molecule has 2 N–H and O–H groups in total. The highest BCUT2D eigenvalue weighted by atomic mass is 16.8. The first-order valence-corrected chi connectivity index (χ1v) is 23.5. The van der Waals surface area contributed by atoms with Crippen LogP contribution in [0.15, 0.2) is 120 Å². The van der Waals surface area contributed by atoms with Crippen LogP contribution in [0, 0.1) is 0 Å². The summed E-state index contributed by atoms with van der Waals surface area (Å²) in [6.45, 7) is 0.758. The molecule has 0 unspecified atom stereocenters. The number of carbonyl (C=O) groups is 7. The predicted octanol–water partition coefficient (Wildman–Crippen LogP) is 4.09. The van der Waals surface area contributed by atoms with Crippen molar-refractivity contribution in [2.45, 2.75) is 101 Å². The Morgan fingerprint density at radius 1 is 0.763 bits per heavy atom. The summed E-state index contributed by atoms with van der Waals surface area (Å²) in [4.78, 5) is 97.0. The second kappa shape index (κ2) is 27.4. The topological polar surface area (TPSA) is 311 Å². The second-order valence-corrected chi connectivity index (χ2v) is 17.0. The van der Waals surface area contributed by atoms with Crippen molar-refractivity contribution >= 4 is 41.7 Å². The van der Waals surface area contributed by atoms with E-state index in [1.54, 1.807) is 78.9 Å². The Hall–Kier alpha value is -8.12. The largest absolute Gasteiger partial charge is 0.497 e. The Balaban J connectivity index is 1.42. The van der Waals surface area contributed by atoms with Gasteiger partial charge in [-0.2, -0.15) is 0 Å². The summed E-state index contributed by atoms with van der Waals surface area (Å²) in [7, 11) is 2.40. The monoisotopic (exact) mass is 1060 g/mol. The van der Waals surface area contributed by atoms with E-state index in [0.29, 0.717) is 5.75 Å². The van der Waals surface area contributed by atoms with E-state index in [1.165, 1.54) is 43.5 Å². The van der Waals surface area contributed by atoms with Gasteiger partial charge in [-0.25, -0.2) is 14.4 Å². The number of aliphatic hydroxyl groups excluding tert-OH is 1. The molecule has 4 aromatic rings. The first-order chi connectivity index (χ1) is 36.5. The zero-order valence-electron chi connectivity index (χ0n) is 41.8. The van der Waals surface area contributed by atoms with E-state index in [1.807, 2.05) is 0 Å². The zero-order chi connectivity index (χ0) is 54.8. The van der Waals surface area contributed by atoms with E-state index in [-0.39, 0.29) is 23.5 Å². The van der Waals surface area contributed by atoms with Gasteiger partial charge in [0.05, 0.1) is 57.6 Å². The average Bonchev–Trinajstić information content (AvgIpc) is 3.42. The minimum atomic E-state index is -2.80. The second-order valence-electron chi connectivity index (χ2n) is 17.0. The quantitative estimate of drug-likeness (QED) is 0.0347. The lowest BCUT2D eigenvalue weighted by Crippen LogP contribution is -2.70. The first kappa shape index (κ1) is 57.2. The molecule has 1 amide bonds. The van der Waals surface area contributed by atoms with Crippen molar-refractivity contribution in [3.8, 4) is 11.5 Å². The van der Waals surface area contributed by atoms with Gasteiger partial charge in [0, 0.05) is 25.7 Å². The molecule has 2 aliphatic rings. The van der Waals surface area contributed by atoms with Gasteiger partial charge in [-0.15, -0.1) is 0 Å². The molecule has 2 heterocycles. The molecular weight excluding hydrogens is 1000 g/mol. The highest BCUT2D eigenvalue weighted by molar-refractivity contribution is 5.90. The molecule has 0 spiro atoms. The number of ether oxygens (including phenoxy) is 12. The number of nitrogens with one attached hydrogen (secondary N) is 1. The molecule has 0 bridgehead atoms. The number of carbonyl (C=O) groups excluding carboxylic acids is 7. The minimum absolute atomic E-state index is 0.00805. The number of nitrogens with zero attached hydrogens (tertiary/aromatic N) is 3. The lowest BCUT2D eigenvalue weighted by Gasteiger charge is -2.49. The molecule has 24 heteroatoms. The lowest BCUT2D eigenvalue weighted by atomic mass is 9.87. The molecule has 4 aromatic carbocycles. The molecule has 6 rings (SSSR count). The van der Waals surface area contributed by atoms with Gasteiger partial charge in [0.2, 0.25) is 18.3 Å². The maximum absolute atomic E-state index is 14.4. The summed E-state index contributed by atoms with van der Waals surface area (Å²) in [6.07, 6.45) is -17.1. The van der Waals surface area contributed by atoms with Crippen LogP contribution < -0.4 is 14.8 Å². The average molecular weight is 1060 g/mol. The molecule has 0 aliphatic carbocycles. The van der Waals surface area contributed by atoms with Crippen LogP contribution in [0.4, 0.5) is 0 Å². The summed E-state index contributed by atoms with van der Waals surface area (Å²) in [5.41, 5.74) is 10.2. The Morgan fingerprint density at radius 3 is 1.89 bits per heavy atom. The number of benzene rings is 4. The molecule has 404 valence electrons. The first-order valence-electron chi connectivity index (χ1n) is 23.5. The molecule has 0 saturated carbocycles. The third-order valence-electron chi connectivity index (χ3n) is 11.6. The van der Waals surface area contributed by atoms with E-state index in [4.69, 9.17) is 56.8 Å². The van der Waals surface area contributed by atoms with Crippen LogP contribution in [-0.4, -0.2) is 148 Å². The highest BCUT2D eigenvalue weighted by Crippen LogP contribution is 2.39. The minimum Gasteiger partial charge on any atom is -0.497 e. The lowest BCUT2D eigenvalue weighted by molar-refractivity contribution is -0.332. The van der Waals surface area contributed by atoms with Crippen LogP contribution in [0.5, 0.6) is 11.5 Å². The van der Waals surface area contributed by atoms with Crippen molar-refractivity contribution in [1.29, 1.82) is 0 Å². The Morgan fingerprint density at radius 2 is 1.34 bits per heavy atom. The molecule has 2 saturated heterocycles. The number of hydrogen-bond donors (Lipinski definition) is 2. The van der Waals surface area contributed by atoms with Crippen molar-refractivity contribution in [3.63, 3.8) is 0 Å². The Bertz CT molecular complexity index is 2660. The predicted molar refractivity (Wildman–Crippen MR) is 258 cm³/mol. The molecule has 0 aromatic heterocycles. The maximum Gasteiger partial charge on any atom is 0.366 e. The van der Waals surface area contributed by atoms with Crippen LogP contribution in [0.1, 0.15) is 53.5 Å². The van der Waals surface area contributed by atoms with E-state index < -0.39 is 135 Å². The van der Waals surface area contributed by atoms with E-state index >= 15 is 0 Å². The van der Waals surface area contributed by atoms with Gasteiger partial charge in [0.1, 0.15) is 48.6 Å². The van der Waals surface area contributed by atoms with E-state index in [0.717, 1.165) is 33.4 Å². The summed E-state index contributed by atoms with van der Waals surface area (Å²) < 4.78 is 70.4. The van der Waals surface area contributed by atoms with Gasteiger partial charge in [-0.1, -0.05) is 71.8 Å². The van der Waals surface area contributed by atoms with Gasteiger partial charge in [-0.05, 0) is 59.6 Å². The molecule has 76 heavy (non-hydrogen) atoms. The zero-order valence-corrected chi connectivity index (χ0v) is 41.8. The molecule has 24 nitrogen and oxygen atoms in total. The smallest absolute Gasteiger partial charge is 0.366 e. The van der Waals surface area contributed by atoms with Crippen LogP contribution in [0.25, 0.3) is 10.4 Å². The molecular formula is C52H56N4O20. The van der Waals surface area contributed by atoms with Crippen LogP contribution in [0.2, 0.25) is 0 Å². The number of rotatable bonds is 23. The highest BCUT2D eigenvalue weighted by Gasteiger charge is 2.60. The van der Waals surface area contributed by atoms with Gasteiger partial charge >= 0.3 is 35.8 Å². The normalized spacial score (nSPS) is 23.6. The fourth-order valence-electron chi connectivity index (χ4n) is 8.23.